The quantitative estimate of drug-likeness (QED) is 0.800. The molecule has 6 heteroatoms. The molecular formula is C17H20N4O2. The van der Waals surface area contributed by atoms with Gasteiger partial charge in [-0.15, -0.1) is 0 Å². The van der Waals surface area contributed by atoms with E-state index < -0.39 is 0 Å². The van der Waals surface area contributed by atoms with E-state index in [1.807, 2.05) is 45.6 Å². The Hall–Kier alpha value is -2.37. The van der Waals surface area contributed by atoms with E-state index in [4.69, 9.17) is 0 Å². The van der Waals surface area contributed by atoms with Gasteiger partial charge in [-0.05, 0) is 31.4 Å². The van der Waals surface area contributed by atoms with Crippen LogP contribution in [0.4, 0.5) is 0 Å². The summed E-state index contributed by atoms with van der Waals surface area (Å²) >= 11 is 0. The van der Waals surface area contributed by atoms with Crippen molar-refractivity contribution in [1.29, 1.82) is 0 Å². The van der Waals surface area contributed by atoms with Gasteiger partial charge in [0, 0.05) is 32.9 Å². The van der Waals surface area contributed by atoms with E-state index in [2.05, 4.69) is 4.98 Å². The molecule has 2 aliphatic rings. The monoisotopic (exact) mass is 312 g/mol. The van der Waals surface area contributed by atoms with Crippen LogP contribution in [0.15, 0.2) is 30.6 Å². The molecule has 120 valence electrons. The van der Waals surface area contributed by atoms with Gasteiger partial charge in [0.25, 0.3) is 5.91 Å². The Kier molecular flexibility index (Phi) is 3.14. The molecule has 2 aliphatic heterocycles. The lowest BCUT2D eigenvalue weighted by atomic mass is 9.77. The second-order valence-electron chi connectivity index (χ2n) is 6.62. The van der Waals surface area contributed by atoms with Crippen LogP contribution in [-0.4, -0.2) is 57.7 Å². The zero-order valence-electron chi connectivity index (χ0n) is 13.2. The first-order valence-corrected chi connectivity index (χ1v) is 8.08. The number of carbonyl (C=O) groups is 2. The van der Waals surface area contributed by atoms with Crippen molar-refractivity contribution in [2.24, 2.45) is 5.41 Å². The minimum Gasteiger partial charge on any atom is -0.345 e. The minimum absolute atomic E-state index is 0.00245. The first kappa shape index (κ1) is 14.2. The zero-order chi connectivity index (χ0) is 16.0. The van der Waals surface area contributed by atoms with E-state index in [1.165, 1.54) is 0 Å². The third kappa shape index (κ3) is 2.12. The van der Waals surface area contributed by atoms with Crippen LogP contribution in [0.1, 0.15) is 29.8 Å². The second-order valence-corrected chi connectivity index (χ2v) is 6.62. The van der Waals surface area contributed by atoms with Crippen molar-refractivity contribution in [2.75, 3.05) is 26.7 Å². The van der Waals surface area contributed by atoms with Crippen LogP contribution in [0.5, 0.6) is 0 Å². The van der Waals surface area contributed by atoms with E-state index in [1.54, 1.807) is 6.20 Å². The SMILES string of the molecule is CN1CCC2(CCN(C(=O)c3cnc4ccccn34)CC2)C1=O. The Bertz CT molecular complexity index is 774. The average Bonchev–Trinajstić information content (AvgIpc) is 3.13. The second kappa shape index (κ2) is 5.08. The third-order valence-corrected chi connectivity index (χ3v) is 5.37. The van der Waals surface area contributed by atoms with E-state index in [9.17, 15) is 9.59 Å². The molecule has 0 aliphatic carbocycles. The maximum Gasteiger partial charge on any atom is 0.272 e. The third-order valence-electron chi connectivity index (χ3n) is 5.37. The molecule has 1 spiro atoms. The van der Waals surface area contributed by atoms with Crippen LogP contribution in [0, 0.1) is 5.41 Å². The van der Waals surface area contributed by atoms with Crippen molar-refractivity contribution < 1.29 is 9.59 Å². The topological polar surface area (TPSA) is 57.9 Å². The lowest BCUT2D eigenvalue weighted by Gasteiger charge is -2.37. The highest BCUT2D eigenvalue weighted by atomic mass is 16.2. The van der Waals surface area contributed by atoms with Gasteiger partial charge in [-0.1, -0.05) is 6.07 Å². The molecule has 2 fully saturated rings. The van der Waals surface area contributed by atoms with Gasteiger partial charge in [0.15, 0.2) is 0 Å². The Morgan fingerprint density at radius 1 is 1.17 bits per heavy atom. The maximum atomic E-state index is 12.8. The van der Waals surface area contributed by atoms with Crippen LogP contribution in [-0.2, 0) is 4.79 Å². The first-order chi connectivity index (χ1) is 11.1. The van der Waals surface area contributed by atoms with Gasteiger partial charge in [0.2, 0.25) is 5.91 Å². The van der Waals surface area contributed by atoms with Crippen molar-refractivity contribution in [1.82, 2.24) is 19.2 Å². The number of fused-ring (bicyclic) bond motifs is 1. The molecule has 0 unspecified atom stereocenters. The van der Waals surface area contributed by atoms with Crippen molar-refractivity contribution in [3.05, 3.63) is 36.3 Å². The van der Waals surface area contributed by atoms with Gasteiger partial charge >= 0.3 is 0 Å². The van der Waals surface area contributed by atoms with Crippen LogP contribution in [0.3, 0.4) is 0 Å². The van der Waals surface area contributed by atoms with E-state index in [0.29, 0.717) is 18.8 Å². The van der Waals surface area contributed by atoms with Gasteiger partial charge < -0.3 is 9.80 Å². The van der Waals surface area contributed by atoms with Gasteiger partial charge in [-0.2, -0.15) is 0 Å². The Morgan fingerprint density at radius 3 is 2.61 bits per heavy atom. The van der Waals surface area contributed by atoms with Crippen LogP contribution in [0.25, 0.3) is 5.65 Å². The number of imidazole rings is 1. The van der Waals surface area contributed by atoms with Crippen LogP contribution < -0.4 is 0 Å². The van der Waals surface area contributed by atoms with Crippen molar-refractivity contribution >= 4 is 17.5 Å². The number of hydrogen-bond donors (Lipinski definition) is 0. The number of pyridine rings is 1. The number of carbonyl (C=O) groups excluding carboxylic acids is 2. The molecule has 0 bridgehead atoms. The summed E-state index contributed by atoms with van der Waals surface area (Å²) in [6.07, 6.45) is 5.93. The molecular weight excluding hydrogens is 292 g/mol. The summed E-state index contributed by atoms with van der Waals surface area (Å²) in [5.74, 6) is 0.247. The van der Waals surface area contributed by atoms with E-state index >= 15 is 0 Å². The summed E-state index contributed by atoms with van der Waals surface area (Å²) in [4.78, 5) is 33.1. The molecule has 0 N–H and O–H groups in total. The fraction of sp³-hybridized carbons (Fsp3) is 0.471. The molecule has 2 saturated heterocycles. The summed E-state index contributed by atoms with van der Waals surface area (Å²) in [6.45, 7) is 2.11. The fourth-order valence-corrected chi connectivity index (χ4v) is 3.85. The summed E-state index contributed by atoms with van der Waals surface area (Å²) in [5.41, 5.74) is 1.13. The molecule has 0 aromatic carbocycles. The molecule has 23 heavy (non-hydrogen) atoms. The Labute approximate surface area is 134 Å². The number of nitrogens with zero attached hydrogens (tertiary/aromatic N) is 4. The lowest BCUT2D eigenvalue weighted by Crippen LogP contribution is -2.46. The highest BCUT2D eigenvalue weighted by molar-refractivity contribution is 5.93. The van der Waals surface area contributed by atoms with E-state index in [-0.39, 0.29) is 17.2 Å². The fourth-order valence-electron chi connectivity index (χ4n) is 3.85. The largest absolute Gasteiger partial charge is 0.345 e. The molecule has 2 aromatic heterocycles. The first-order valence-electron chi connectivity index (χ1n) is 8.08. The number of aromatic nitrogens is 2. The molecule has 0 atom stereocenters. The summed E-state index contributed by atoms with van der Waals surface area (Å²) in [5, 5.41) is 0. The summed E-state index contributed by atoms with van der Waals surface area (Å²) in [6, 6.07) is 5.68. The highest BCUT2D eigenvalue weighted by Crippen LogP contribution is 2.41. The number of likely N-dealkylation sites (tertiary alicyclic amines) is 2. The molecule has 2 aromatic rings. The van der Waals surface area contributed by atoms with Crippen molar-refractivity contribution in [3.8, 4) is 0 Å². The smallest absolute Gasteiger partial charge is 0.272 e. The minimum atomic E-state index is -0.231. The Balaban J connectivity index is 1.52. The molecule has 0 radical (unpaired) electrons. The predicted molar refractivity (Wildman–Crippen MR) is 85.0 cm³/mol. The zero-order valence-corrected chi connectivity index (χ0v) is 13.2. The lowest BCUT2D eigenvalue weighted by molar-refractivity contribution is -0.137. The van der Waals surface area contributed by atoms with Gasteiger partial charge in [-0.25, -0.2) is 4.98 Å². The van der Waals surface area contributed by atoms with Gasteiger partial charge in [0.05, 0.1) is 11.6 Å². The number of rotatable bonds is 1. The maximum absolute atomic E-state index is 12.8. The molecule has 2 amide bonds. The van der Waals surface area contributed by atoms with Crippen LogP contribution >= 0.6 is 0 Å². The number of amides is 2. The average molecular weight is 312 g/mol. The molecule has 6 nitrogen and oxygen atoms in total. The number of piperidine rings is 1. The van der Waals surface area contributed by atoms with Crippen molar-refractivity contribution in [3.63, 3.8) is 0 Å². The molecule has 4 heterocycles. The highest BCUT2D eigenvalue weighted by Gasteiger charge is 2.47. The summed E-state index contributed by atoms with van der Waals surface area (Å²) < 4.78 is 1.82. The predicted octanol–water partition coefficient (Wildman–Crippen LogP) is 1.42. The van der Waals surface area contributed by atoms with Gasteiger partial charge in [0.1, 0.15) is 11.3 Å². The molecule has 4 rings (SSSR count). The van der Waals surface area contributed by atoms with E-state index in [0.717, 1.165) is 31.5 Å². The standard InChI is InChI=1S/C17H20N4O2/c1-19-9-5-17(16(19)23)6-10-20(11-7-17)15(22)13-12-18-14-4-2-3-8-21(13)14/h2-4,8,12H,5-7,9-11H2,1H3. The van der Waals surface area contributed by atoms with Gasteiger partial charge in [-0.3, -0.25) is 14.0 Å². The van der Waals surface area contributed by atoms with Crippen LogP contribution in [0.2, 0.25) is 0 Å². The summed E-state index contributed by atoms with van der Waals surface area (Å²) in [7, 11) is 1.87. The normalized spacial score (nSPS) is 20.7. The number of hydrogen-bond acceptors (Lipinski definition) is 3. The van der Waals surface area contributed by atoms with Crippen molar-refractivity contribution in [2.45, 2.75) is 19.3 Å². The Morgan fingerprint density at radius 2 is 1.91 bits per heavy atom. The molecule has 0 saturated carbocycles.